The molecule has 0 aromatic heterocycles. The highest BCUT2D eigenvalue weighted by atomic mass is 19.4. The van der Waals surface area contributed by atoms with Crippen LogP contribution in [0.15, 0.2) is 42.5 Å². The average Bonchev–Trinajstić information content (AvgIpc) is 3.20. The number of alkyl halides is 3. The van der Waals surface area contributed by atoms with Crippen LogP contribution in [-0.4, -0.2) is 31.4 Å². The molecule has 1 heterocycles. The molecule has 1 saturated heterocycles. The third-order valence-electron chi connectivity index (χ3n) is 4.42. The molecular weight excluding hydrogens is 413 g/mol. The summed E-state index contributed by atoms with van der Waals surface area (Å²) in [6.07, 6.45) is -5.17. The van der Waals surface area contributed by atoms with Crippen LogP contribution in [0.5, 0.6) is 0 Å². The van der Waals surface area contributed by atoms with Crippen molar-refractivity contribution in [1.29, 1.82) is 0 Å². The maximum absolute atomic E-state index is 13.8. The first-order chi connectivity index (χ1) is 14.5. The second-order valence-corrected chi connectivity index (χ2v) is 8.12. The van der Waals surface area contributed by atoms with Crippen molar-refractivity contribution in [3.05, 3.63) is 59.2 Å². The Hall–Kier alpha value is -2.42. The summed E-state index contributed by atoms with van der Waals surface area (Å²) >= 11 is 0. The van der Waals surface area contributed by atoms with E-state index in [-0.39, 0.29) is 18.8 Å². The molecular formula is C23H25F3O5. The molecule has 3 rings (SSSR count). The molecule has 31 heavy (non-hydrogen) atoms. The molecule has 0 bridgehead atoms. The van der Waals surface area contributed by atoms with Crippen LogP contribution >= 0.6 is 0 Å². The summed E-state index contributed by atoms with van der Waals surface area (Å²) < 4.78 is 62.9. The van der Waals surface area contributed by atoms with Crippen molar-refractivity contribution in [3.8, 4) is 11.1 Å². The maximum Gasteiger partial charge on any atom is 0.417 e. The minimum absolute atomic E-state index is 0.000893. The van der Waals surface area contributed by atoms with Crippen LogP contribution in [0.2, 0.25) is 0 Å². The quantitative estimate of drug-likeness (QED) is 0.575. The molecule has 5 nitrogen and oxygen atoms in total. The van der Waals surface area contributed by atoms with Gasteiger partial charge in [-0.2, -0.15) is 13.2 Å². The lowest BCUT2D eigenvalue weighted by molar-refractivity contribution is -0.160. The van der Waals surface area contributed by atoms with Gasteiger partial charge in [0.2, 0.25) is 0 Å². The molecule has 0 radical (unpaired) electrons. The highest BCUT2D eigenvalue weighted by molar-refractivity contribution is 5.73. The molecule has 1 fully saturated rings. The summed E-state index contributed by atoms with van der Waals surface area (Å²) in [6, 6.07) is 10.5. The van der Waals surface area contributed by atoms with Crippen LogP contribution in [0.3, 0.4) is 0 Å². The van der Waals surface area contributed by atoms with E-state index in [4.69, 9.17) is 18.9 Å². The van der Waals surface area contributed by atoms with E-state index >= 15 is 0 Å². The lowest BCUT2D eigenvalue weighted by Gasteiger charge is -2.20. The summed E-state index contributed by atoms with van der Waals surface area (Å²) in [5, 5.41) is 0. The number of benzene rings is 2. The zero-order chi connectivity index (χ0) is 22.6. The van der Waals surface area contributed by atoms with Gasteiger partial charge >= 0.3 is 12.1 Å². The average molecular weight is 438 g/mol. The number of hydrogen-bond donors (Lipinski definition) is 0. The van der Waals surface area contributed by atoms with Gasteiger partial charge in [-0.25, -0.2) is 4.79 Å². The summed E-state index contributed by atoms with van der Waals surface area (Å²) in [5.74, 6) is -0.585. The molecule has 0 spiro atoms. The Kier molecular flexibility index (Phi) is 7.03. The van der Waals surface area contributed by atoms with Gasteiger partial charge in [0.05, 0.1) is 25.4 Å². The van der Waals surface area contributed by atoms with Gasteiger partial charge in [-0.3, -0.25) is 0 Å². The Morgan fingerprint density at radius 1 is 1.06 bits per heavy atom. The fraction of sp³-hybridized carbons (Fsp3) is 0.435. The first-order valence-corrected chi connectivity index (χ1v) is 9.87. The second-order valence-electron chi connectivity index (χ2n) is 8.12. The fourth-order valence-electron chi connectivity index (χ4n) is 3.30. The van der Waals surface area contributed by atoms with Crippen LogP contribution in [0.4, 0.5) is 13.2 Å². The summed E-state index contributed by atoms with van der Waals surface area (Å²) in [4.78, 5) is 11.9. The van der Waals surface area contributed by atoms with Crippen LogP contribution in [0, 0.1) is 0 Å². The van der Waals surface area contributed by atoms with Crippen molar-refractivity contribution in [2.24, 2.45) is 0 Å². The van der Waals surface area contributed by atoms with Crippen LogP contribution in [0.25, 0.3) is 11.1 Å². The maximum atomic E-state index is 13.8. The number of hydrogen-bond acceptors (Lipinski definition) is 5. The van der Waals surface area contributed by atoms with Crippen LogP contribution < -0.4 is 0 Å². The third kappa shape index (κ3) is 6.29. The van der Waals surface area contributed by atoms with E-state index in [2.05, 4.69) is 0 Å². The van der Waals surface area contributed by atoms with E-state index in [9.17, 15) is 18.0 Å². The van der Waals surface area contributed by atoms with Crippen molar-refractivity contribution in [2.45, 2.75) is 45.4 Å². The van der Waals surface area contributed by atoms with Gasteiger partial charge in [0.1, 0.15) is 12.2 Å². The van der Waals surface area contributed by atoms with Gasteiger partial charge in [-0.05, 0) is 49.6 Å². The Balaban J connectivity index is 1.89. The van der Waals surface area contributed by atoms with E-state index < -0.39 is 29.6 Å². The predicted octanol–water partition coefficient (Wildman–Crippen LogP) is 5.28. The number of halogens is 3. The number of esters is 1. The van der Waals surface area contributed by atoms with Crippen molar-refractivity contribution >= 4 is 5.97 Å². The smallest absolute Gasteiger partial charge is 0.417 e. The van der Waals surface area contributed by atoms with Gasteiger partial charge in [0.25, 0.3) is 0 Å². The summed E-state index contributed by atoms with van der Waals surface area (Å²) in [6.45, 7) is 5.48. The number of rotatable bonds is 6. The zero-order valence-corrected chi connectivity index (χ0v) is 17.6. The fourth-order valence-corrected chi connectivity index (χ4v) is 3.30. The van der Waals surface area contributed by atoms with E-state index in [1.54, 1.807) is 51.1 Å². The van der Waals surface area contributed by atoms with Gasteiger partial charge in [0, 0.05) is 5.56 Å². The zero-order valence-electron chi connectivity index (χ0n) is 17.6. The Morgan fingerprint density at radius 3 is 2.39 bits per heavy atom. The van der Waals surface area contributed by atoms with Crippen LogP contribution in [-0.2, 0) is 36.5 Å². The number of carbonyl (C=O) groups excluding carboxylic acids is 1. The molecule has 1 aliphatic heterocycles. The van der Waals surface area contributed by atoms with Gasteiger partial charge < -0.3 is 18.9 Å². The van der Waals surface area contributed by atoms with Gasteiger partial charge in [-0.15, -0.1) is 0 Å². The van der Waals surface area contributed by atoms with Gasteiger partial charge in [0.15, 0.2) is 6.29 Å². The van der Waals surface area contributed by atoms with E-state index in [1.807, 2.05) is 0 Å². The van der Waals surface area contributed by atoms with E-state index in [0.717, 1.165) is 6.07 Å². The van der Waals surface area contributed by atoms with E-state index in [0.29, 0.717) is 29.9 Å². The standard InChI is InChI=1S/C23H25F3O5/c1-22(2,3)31-19(27)14-28-13-17-8-5-9-18(23(24,25)26)20(17)15-6-4-7-16(12-15)21-29-10-11-30-21/h4-9,12,21H,10-11,13-14H2,1-3H3. The lowest BCUT2D eigenvalue weighted by atomic mass is 9.93. The topological polar surface area (TPSA) is 54.0 Å². The molecule has 0 unspecified atom stereocenters. The van der Waals surface area contributed by atoms with Crippen molar-refractivity contribution in [1.82, 2.24) is 0 Å². The van der Waals surface area contributed by atoms with Crippen molar-refractivity contribution < 1.29 is 36.9 Å². The van der Waals surface area contributed by atoms with Crippen molar-refractivity contribution in [2.75, 3.05) is 19.8 Å². The minimum atomic E-state index is -4.56. The molecule has 8 heteroatoms. The molecule has 0 amide bonds. The highest BCUT2D eigenvalue weighted by Crippen LogP contribution is 2.40. The number of ether oxygens (including phenoxy) is 4. The highest BCUT2D eigenvalue weighted by Gasteiger charge is 2.35. The minimum Gasteiger partial charge on any atom is -0.458 e. The first-order valence-electron chi connectivity index (χ1n) is 9.87. The molecule has 0 N–H and O–H groups in total. The van der Waals surface area contributed by atoms with Gasteiger partial charge in [-0.1, -0.05) is 30.3 Å². The molecule has 1 aliphatic rings. The number of carbonyl (C=O) groups is 1. The molecule has 0 aliphatic carbocycles. The van der Waals surface area contributed by atoms with Crippen LogP contribution in [0.1, 0.15) is 43.8 Å². The Labute approximate surface area is 179 Å². The molecule has 2 aromatic rings. The Bertz CT molecular complexity index is 912. The van der Waals surface area contributed by atoms with E-state index in [1.165, 1.54) is 6.07 Å². The predicted molar refractivity (Wildman–Crippen MR) is 107 cm³/mol. The monoisotopic (exact) mass is 438 g/mol. The second kappa shape index (κ2) is 9.38. The summed E-state index contributed by atoms with van der Waals surface area (Å²) in [7, 11) is 0. The molecule has 0 saturated carbocycles. The SMILES string of the molecule is CC(C)(C)OC(=O)COCc1cccc(C(F)(F)F)c1-c1cccc(C2OCCO2)c1. The van der Waals surface area contributed by atoms with Crippen molar-refractivity contribution in [3.63, 3.8) is 0 Å². The molecule has 0 atom stereocenters. The first kappa shape index (κ1) is 23.2. The summed E-state index contributed by atoms with van der Waals surface area (Å²) in [5.41, 5.74) is -0.154. The Morgan fingerprint density at radius 2 is 1.74 bits per heavy atom. The lowest BCUT2D eigenvalue weighted by Crippen LogP contribution is -2.26. The largest absolute Gasteiger partial charge is 0.458 e. The molecule has 2 aromatic carbocycles. The normalized spacial score (nSPS) is 15.3. The molecule has 168 valence electrons. The third-order valence-corrected chi connectivity index (χ3v) is 4.42.